The van der Waals surface area contributed by atoms with Gasteiger partial charge in [-0.05, 0) is 16.8 Å². The Morgan fingerprint density at radius 2 is 2.53 bits per heavy atom. The standard InChI is InChI=1S/C12H12ClN3O/c1-3-4-10(11(14-2)8-16-17)9-5-6-12(13)15-7-9/h1,5-8,10,14H,4H2,2H3/b11-8-. The van der Waals surface area contributed by atoms with Crippen molar-refractivity contribution in [2.75, 3.05) is 7.05 Å². The highest BCUT2D eigenvalue weighted by Gasteiger charge is 2.15. The molecular formula is C12H12ClN3O. The number of nitrogens with one attached hydrogen (secondary N) is 1. The minimum absolute atomic E-state index is 0.132. The fraction of sp³-hybridized carbons (Fsp3) is 0.250. The zero-order valence-electron chi connectivity index (χ0n) is 9.35. The molecule has 0 aliphatic carbocycles. The van der Waals surface area contributed by atoms with Crippen LogP contribution in [-0.2, 0) is 0 Å². The minimum Gasteiger partial charge on any atom is -0.390 e. The molecule has 0 aliphatic rings. The van der Waals surface area contributed by atoms with E-state index in [0.717, 1.165) is 5.56 Å². The lowest BCUT2D eigenvalue weighted by atomic mass is 9.94. The van der Waals surface area contributed by atoms with Crippen LogP contribution in [0.2, 0.25) is 5.15 Å². The summed E-state index contributed by atoms with van der Waals surface area (Å²) in [7, 11) is 1.71. The van der Waals surface area contributed by atoms with Crippen LogP contribution in [0.1, 0.15) is 17.9 Å². The Morgan fingerprint density at radius 3 is 3.00 bits per heavy atom. The van der Waals surface area contributed by atoms with Gasteiger partial charge in [0.05, 0.1) is 6.20 Å². The minimum atomic E-state index is -0.132. The average Bonchev–Trinajstić information content (AvgIpc) is 2.35. The van der Waals surface area contributed by atoms with E-state index in [2.05, 4.69) is 21.4 Å². The Bertz CT molecular complexity index is 448. The summed E-state index contributed by atoms with van der Waals surface area (Å²) in [5.41, 5.74) is 1.54. The Kier molecular flexibility index (Phi) is 5.18. The maximum Gasteiger partial charge on any atom is 0.129 e. The third-order valence-corrected chi connectivity index (χ3v) is 2.55. The van der Waals surface area contributed by atoms with Crippen LogP contribution in [0.5, 0.6) is 0 Å². The molecule has 1 unspecified atom stereocenters. The van der Waals surface area contributed by atoms with E-state index >= 15 is 0 Å². The summed E-state index contributed by atoms with van der Waals surface area (Å²) in [6, 6.07) is 3.51. The van der Waals surface area contributed by atoms with E-state index in [1.165, 1.54) is 6.20 Å². The number of pyridine rings is 1. The lowest BCUT2D eigenvalue weighted by Crippen LogP contribution is -2.15. The third kappa shape index (κ3) is 3.58. The van der Waals surface area contributed by atoms with Gasteiger partial charge in [0.15, 0.2) is 0 Å². The van der Waals surface area contributed by atoms with E-state index < -0.39 is 0 Å². The zero-order chi connectivity index (χ0) is 12.7. The molecule has 0 spiro atoms. The second-order valence-corrected chi connectivity index (χ2v) is 3.70. The van der Waals surface area contributed by atoms with Crippen molar-refractivity contribution in [3.63, 3.8) is 0 Å². The number of aromatic nitrogens is 1. The number of allylic oxidation sites excluding steroid dienone is 1. The van der Waals surface area contributed by atoms with Crippen molar-refractivity contribution in [2.45, 2.75) is 12.3 Å². The van der Waals surface area contributed by atoms with Crippen LogP contribution in [0.15, 0.2) is 35.4 Å². The van der Waals surface area contributed by atoms with Gasteiger partial charge in [0.2, 0.25) is 0 Å². The van der Waals surface area contributed by atoms with Gasteiger partial charge in [0.1, 0.15) is 5.15 Å². The Balaban J connectivity index is 3.08. The molecule has 0 amide bonds. The zero-order valence-corrected chi connectivity index (χ0v) is 10.1. The molecule has 0 radical (unpaired) electrons. The first kappa shape index (κ1) is 13.2. The van der Waals surface area contributed by atoms with Gasteiger partial charge in [-0.2, -0.15) is 0 Å². The monoisotopic (exact) mass is 249 g/mol. The average molecular weight is 250 g/mol. The van der Waals surface area contributed by atoms with Crippen LogP contribution < -0.4 is 5.32 Å². The summed E-state index contributed by atoms with van der Waals surface area (Å²) in [6.07, 6.45) is 8.63. The van der Waals surface area contributed by atoms with Crippen molar-refractivity contribution >= 4 is 11.6 Å². The number of nitrogens with zero attached hydrogens (tertiary/aromatic N) is 2. The first-order chi connectivity index (χ1) is 8.22. The van der Waals surface area contributed by atoms with Crippen molar-refractivity contribution in [1.82, 2.24) is 10.3 Å². The molecule has 88 valence electrons. The van der Waals surface area contributed by atoms with Gasteiger partial charge in [0, 0.05) is 31.3 Å². The summed E-state index contributed by atoms with van der Waals surface area (Å²) in [5, 5.41) is 6.09. The number of likely N-dealkylation sites (N-methyl/N-ethyl adjacent to an activating group) is 1. The number of halogens is 1. The van der Waals surface area contributed by atoms with Gasteiger partial charge in [-0.15, -0.1) is 17.3 Å². The molecule has 1 rings (SSSR count). The molecule has 0 fully saturated rings. The summed E-state index contributed by atoms with van der Waals surface area (Å²) in [4.78, 5) is 14.3. The summed E-state index contributed by atoms with van der Waals surface area (Å²) >= 11 is 5.72. The summed E-state index contributed by atoms with van der Waals surface area (Å²) < 4.78 is 0. The first-order valence-corrected chi connectivity index (χ1v) is 5.36. The van der Waals surface area contributed by atoms with E-state index in [1.807, 2.05) is 6.07 Å². The molecule has 0 saturated heterocycles. The predicted molar refractivity (Wildman–Crippen MR) is 68.4 cm³/mol. The lowest BCUT2D eigenvalue weighted by molar-refractivity contribution is 0.740. The summed E-state index contributed by atoms with van der Waals surface area (Å²) in [5.74, 6) is 2.44. The normalized spacial score (nSPS) is 12.6. The van der Waals surface area contributed by atoms with Crippen LogP contribution in [0.25, 0.3) is 0 Å². The molecule has 1 heterocycles. The molecule has 17 heavy (non-hydrogen) atoms. The highest BCUT2D eigenvalue weighted by Crippen LogP contribution is 2.26. The van der Waals surface area contributed by atoms with Crippen LogP contribution in [0.4, 0.5) is 0 Å². The summed E-state index contributed by atoms with van der Waals surface area (Å²) in [6.45, 7) is 0. The van der Waals surface area contributed by atoms with Crippen molar-refractivity contribution in [3.05, 3.63) is 45.9 Å². The maximum atomic E-state index is 10.3. The van der Waals surface area contributed by atoms with Gasteiger partial charge in [0.25, 0.3) is 0 Å². The number of hydrogen-bond donors (Lipinski definition) is 1. The number of nitroso groups, excluding NO2 is 1. The molecule has 4 nitrogen and oxygen atoms in total. The van der Waals surface area contributed by atoms with Crippen molar-refractivity contribution in [2.24, 2.45) is 5.18 Å². The molecule has 1 N–H and O–H groups in total. The van der Waals surface area contributed by atoms with Crippen molar-refractivity contribution in [1.29, 1.82) is 0 Å². The van der Waals surface area contributed by atoms with E-state index in [-0.39, 0.29) is 5.92 Å². The Labute approximate surface area is 105 Å². The van der Waals surface area contributed by atoms with Crippen molar-refractivity contribution in [3.8, 4) is 12.3 Å². The largest absolute Gasteiger partial charge is 0.390 e. The third-order valence-electron chi connectivity index (χ3n) is 2.33. The highest BCUT2D eigenvalue weighted by molar-refractivity contribution is 6.29. The van der Waals surface area contributed by atoms with Gasteiger partial charge < -0.3 is 5.32 Å². The molecule has 0 aliphatic heterocycles. The van der Waals surface area contributed by atoms with E-state index in [1.54, 1.807) is 19.3 Å². The Hall–Kier alpha value is -1.86. The fourth-order valence-corrected chi connectivity index (χ4v) is 1.62. The van der Waals surface area contributed by atoms with Crippen LogP contribution in [0.3, 0.4) is 0 Å². The molecule has 0 saturated carbocycles. The maximum absolute atomic E-state index is 10.3. The van der Waals surface area contributed by atoms with E-state index in [9.17, 15) is 4.91 Å². The van der Waals surface area contributed by atoms with Crippen LogP contribution >= 0.6 is 11.6 Å². The topological polar surface area (TPSA) is 54.4 Å². The quantitative estimate of drug-likeness (QED) is 0.496. The number of hydrogen-bond acceptors (Lipinski definition) is 4. The molecule has 5 heteroatoms. The van der Waals surface area contributed by atoms with E-state index in [4.69, 9.17) is 18.0 Å². The van der Waals surface area contributed by atoms with Gasteiger partial charge >= 0.3 is 0 Å². The number of terminal acetylenes is 1. The molecular weight excluding hydrogens is 238 g/mol. The van der Waals surface area contributed by atoms with Gasteiger partial charge in [-0.1, -0.05) is 17.7 Å². The van der Waals surface area contributed by atoms with E-state index in [0.29, 0.717) is 17.3 Å². The number of rotatable bonds is 5. The lowest BCUT2D eigenvalue weighted by Gasteiger charge is -2.17. The molecule has 1 aromatic heterocycles. The van der Waals surface area contributed by atoms with Gasteiger partial charge in [-0.3, -0.25) is 0 Å². The second kappa shape index (κ2) is 6.66. The molecule has 1 aromatic rings. The second-order valence-electron chi connectivity index (χ2n) is 3.31. The molecule has 1 atom stereocenters. The molecule has 0 aromatic carbocycles. The highest BCUT2D eigenvalue weighted by atomic mass is 35.5. The van der Waals surface area contributed by atoms with Gasteiger partial charge in [-0.25, -0.2) is 4.98 Å². The predicted octanol–water partition coefficient (Wildman–Crippen LogP) is 2.67. The van der Waals surface area contributed by atoms with Crippen LogP contribution in [0, 0.1) is 17.3 Å². The smallest absolute Gasteiger partial charge is 0.129 e. The molecule has 0 bridgehead atoms. The Morgan fingerprint density at radius 1 is 1.76 bits per heavy atom. The SMILES string of the molecule is C#CCC(/C(=C/N=O)NC)c1ccc(Cl)nc1. The van der Waals surface area contributed by atoms with Crippen LogP contribution in [-0.4, -0.2) is 12.0 Å². The van der Waals surface area contributed by atoms with Crippen molar-refractivity contribution < 1.29 is 0 Å². The fourth-order valence-electron chi connectivity index (χ4n) is 1.50. The first-order valence-electron chi connectivity index (χ1n) is 4.98.